The first-order chi connectivity index (χ1) is 16.6. The molecule has 0 bridgehead atoms. The second-order valence-corrected chi connectivity index (χ2v) is 8.29. The van der Waals surface area contributed by atoms with E-state index in [-0.39, 0.29) is 11.7 Å². The van der Waals surface area contributed by atoms with E-state index in [4.69, 9.17) is 9.72 Å². The number of hydrogen-bond acceptors (Lipinski definition) is 4. The fourth-order valence-corrected chi connectivity index (χ4v) is 4.40. The Bertz CT molecular complexity index is 1320. The maximum absolute atomic E-state index is 13.7. The summed E-state index contributed by atoms with van der Waals surface area (Å²) < 4.78 is 18.9. The topological polar surface area (TPSA) is 45.7 Å². The van der Waals surface area contributed by atoms with Gasteiger partial charge in [0.05, 0.1) is 23.4 Å². The molecule has 1 aromatic heterocycles. The minimum absolute atomic E-state index is 0.000399. The zero-order chi connectivity index (χ0) is 23.5. The Balaban J connectivity index is 1.43. The van der Waals surface area contributed by atoms with Crippen molar-refractivity contribution in [2.75, 3.05) is 37.7 Å². The molecule has 4 aromatic rings. The van der Waals surface area contributed by atoms with Crippen molar-refractivity contribution >= 4 is 22.5 Å². The quantitative estimate of drug-likeness (QED) is 0.404. The number of piperazine rings is 1. The van der Waals surface area contributed by atoms with Crippen molar-refractivity contribution in [2.24, 2.45) is 0 Å². The Kier molecular flexibility index (Phi) is 6.12. The van der Waals surface area contributed by atoms with Crippen molar-refractivity contribution in [2.45, 2.75) is 6.92 Å². The number of amides is 1. The van der Waals surface area contributed by atoms with E-state index in [0.29, 0.717) is 38.3 Å². The average molecular weight is 456 g/mol. The molecule has 34 heavy (non-hydrogen) atoms. The number of hydrogen-bond donors (Lipinski definition) is 0. The van der Waals surface area contributed by atoms with E-state index >= 15 is 0 Å². The molecule has 0 N–H and O–H groups in total. The van der Waals surface area contributed by atoms with E-state index in [1.807, 2.05) is 66.4 Å². The zero-order valence-corrected chi connectivity index (χ0v) is 19.1. The van der Waals surface area contributed by atoms with Crippen molar-refractivity contribution in [3.05, 3.63) is 90.2 Å². The van der Waals surface area contributed by atoms with Crippen molar-refractivity contribution in [3.63, 3.8) is 0 Å². The number of halogens is 1. The van der Waals surface area contributed by atoms with Crippen LogP contribution in [0.15, 0.2) is 78.9 Å². The lowest BCUT2D eigenvalue weighted by atomic mass is 10.0. The maximum atomic E-state index is 13.7. The van der Waals surface area contributed by atoms with Crippen LogP contribution in [0.5, 0.6) is 5.75 Å². The molecule has 5 nitrogen and oxygen atoms in total. The summed E-state index contributed by atoms with van der Waals surface area (Å²) >= 11 is 0. The molecule has 2 heterocycles. The number of carbonyl (C=O) groups is 1. The lowest BCUT2D eigenvalue weighted by Gasteiger charge is -2.36. The summed E-state index contributed by atoms with van der Waals surface area (Å²) in [6, 6.07) is 23.9. The highest BCUT2D eigenvalue weighted by molar-refractivity contribution is 6.07. The molecule has 6 heteroatoms. The third kappa shape index (κ3) is 4.44. The molecule has 1 saturated heterocycles. The van der Waals surface area contributed by atoms with Crippen LogP contribution in [-0.4, -0.2) is 48.6 Å². The zero-order valence-electron chi connectivity index (χ0n) is 19.1. The van der Waals surface area contributed by atoms with Gasteiger partial charge in [0.2, 0.25) is 0 Å². The molecular weight excluding hydrogens is 429 g/mol. The van der Waals surface area contributed by atoms with Crippen LogP contribution in [0.3, 0.4) is 0 Å². The van der Waals surface area contributed by atoms with Gasteiger partial charge in [-0.05, 0) is 55.5 Å². The second-order valence-electron chi connectivity index (χ2n) is 8.29. The first-order valence-corrected chi connectivity index (χ1v) is 11.5. The van der Waals surface area contributed by atoms with Gasteiger partial charge in [-0.2, -0.15) is 0 Å². The monoisotopic (exact) mass is 455 g/mol. The molecule has 1 fully saturated rings. The third-order valence-electron chi connectivity index (χ3n) is 6.15. The Labute approximate surface area is 198 Å². The number of aromatic nitrogens is 1. The number of pyridine rings is 1. The van der Waals surface area contributed by atoms with Gasteiger partial charge < -0.3 is 14.5 Å². The van der Waals surface area contributed by atoms with Crippen LogP contribution in [-0.2, 0) is 0 Å². The summed E-state index contributed by atoms with van der Waals surface area (Å²) in [5.74, 6) is 0.532. The number of rotatable bonds is 5. The van der Waals surface area contributed by atoms with Crippen LogP contribution in [0.25, 0.3) is 22.2 Å². The SMILES string of the molecule is CCOc1cccc(-c2cc(C(=O)N3CCN(c4ccc(F)cc4)CC3)c3ccccc3n2)c1. The highest BCUT2D eigenvalue weighted by Crippen LogP contribution is 2.28. The molecule has 1 amide bonds. The lowest BCUT2D eigenvalue weighted by molar-refractivity contribution is 0.0748. The third-order valence-corrected chi connectivity index (χ3v) is 6.15. The molecule has 1 aliphatic rings. The van der Waals surface area contributed by atoms with Gasteiger partial charge in [0.25, 0.3) is 5.91 Å². The molecule has 0 aliphatic carbocycles. The van der Waals surface area contributed by atoms with E-state index in [2.05, 4.69) is 4.90 Å². The number of anilines is 1. The molecule has 0 unspecified atom stereocenters. The number of carbonyl (C=O) groups excluding carboxylic acids is 1. The maximum Gasteiger partial charge on any atom is 0.254 e. The smallest absolute Gasteiger partial charge is 0.254 e. The molecule has 0 saturated carbocycles. The number of nitrogens with zero attached hydrogens (tertiary/aromatic N) is 3. The van der Waals surface area contributed by atoms with E-state index < -0.39 is 0 Å². The van der Waals surface area contributed by atoms with Crippen LogP contribution < -0.4 is 9.64 Å². The summed E-state index contributed by atoms with van der Waals surface area (Å²) in [5.41, 5.74) is 4.06. The molecule has 0 atom stereocenters. The number of para-hydroxylation sites is 1. The lowest BCUT2D eigenvalue weighted by Crippen LogP contribution is -2.48. The summed E-state index contributed by atoms with van der Waals surface area (Å²) in [5, 5.41) is 0.846. The minimum atomic E-state index is -0.246. The van der Waals surface area contributed by atoms with Crippen molar-refractivity contribution in [1.29, 1.82) is 0 Å². The molecule has 0 spiro atoms. The molecule has 172 valence electrons. The van der Waals surface area contributed by atoms with E-state index in [9.17, 15) is 9.18 Å². The van der Waals surface area contributed by atoms with Gasteiger partial charge in [-0.25, -0.2) is 9.37 Å². The van der Waals surface area contributed by atoms with E-state index in [0.717, 1.165) is 33.6 Å². The molecule has 0 radical (unpaired) electrons. The fraction of sp³-hybridized carbons (Fsp3) is 0.214. The van der Waals surface area contributed by atoms with Crippen LogP contribution in [0.4, 0.5) is 10.1 Å². The normalized spacial score (nSPS) is 13.8. The fourth-order valence-electron chi connectivity index (χ4n) is 4.40. The van der Waals surface area contributed by atoms with Crippen molar-refractivity contribution in [3.8, 4) is 17.0 Å². The van der Waals surface area contributed by atoms with E-state index in [1.165, 1.54) is 12.1 Å². The number of ether oxygens (including phenoxy) is 1. The summed E-state index contributed by atoms with van der Waals surface area (Å²) in [6.45, 7) is 5.13. The summed E-state index contributed by atoms with van der Waals surface area (Å²) in [7, 11) is 0. The predicted octanol–water partition coefficient (Wildman–Crippen LogP) is 5.40. The first kappa shape index (κ1) is 21.9. The summed E-state index contributed by atoms with van der Waals surface area (Å²) in [4.78, 5) is 22.6. The van der Waals surface area contributed by atoms with Gasteiger partial charge in [-0.1, -0.05) is 30.3 Å². The van der Waals surface area contributed by atoms with Crippen LogP contribution in [0, 0.1) is 5.82 Å². The largest absolute Gasteiger partial charge is 0.494 e. The van der Waals surface area contributed by atoms with Crippen molar-refractivity contribution < 1.29 is 13.9 Å². The Morgan fingerprint density at radius 2 is 1.71 bits per heavy atom. The Hall–Kier alpha value is -3.93. The highest BCUT2D eigenvalue weighted by Gasteiger charge is 2.24. The first-order valence-electron chi connectivity index (χ1n) is 11.5. The van der Waals surface area contributed by atoms with Gasteiger partial charge in [0, 0.05) is 42.8 Å². The van der Waals surface area contributed by atoms with Crippen LogP contribution >= 0.6 is 0 Å². The van der Waals surface area contributed by atoms with Crippen molar-refractivity contribution in [1.82, 2.24) is 9.88 Å². The Morgan fingerprint density at radius 3 is 2.47 bits per heavy atom. The molecule has 3 aromatic carbocycles. The van der Waals surface area contributed by atoms with Gasteiger partial charge in [0.15, 0.2) is 0 Å². The van der Waals surface area contributed by atoms with Gasteiger partial charge in [0.1, 0.15) is 11.6 Å². The minimum Gasteiger partial charge on any atom is -0.494 e. The predicted molar refractivity (Wildman–Crippen MR) is 133 cm³/mol. The molecular formula is C28H26FN3O2. The molecule has 1 aliphatic heterocycles. The van der Waals surface area contributed by atoms with Crippen LogP contribution in [0.2, 0.25) is 0 Å². The second kappa shape index (κ2) is 9.51. The molecule has 5 rings (SSSR count). The number of fused-ring (bicyclic) bond motifs is 1. The van der Waals surface area contributed by atoms with Gasteiger partial charge in [-0.15, -0.1) is 0 Å². The standard InChI is InChI=1S/C28H26FN3O2/c1-2-34-23-7-5-6-20(18-23)27-19-25(24-8-3-4-9-26(24)30-27)28(33)32-16-14-31(15-17-32)22-12-10-21(29)11-13-22/h3-13,18-19H,2,14-17H2,1H3. The van der Waals surface area contributed by atoms with E-state index in [1.54, 1.807) is 12.1 Å². The average Bonchev–Trinajstić information content (AvgIpc) is 2.88. The Morgan fingerprint density at radius 1 is 0.941 bits per heavy atom. The van der Waals surface area contributed by atoms with Crippen LogP contribution in [0.1, 0.15) is 17.3 Å². The highest BCUT2D eigenvalue weighted by atomic mass is 19.1. The number of benzene rings is 3. The van der Waals surface area contributed by atoms with Gasteiger partial charge >= 0.3 is 0 Å². The van der Waals surface area contributed by atoms with Gasteiger partial charge in [-0.3, -0.25) is 4.79 Å². The summed E-state index contributed by atoms with van der Waals surface area (Å²) in [6.07, 6.45) is 0.